The second-order valence-electron chi connectivity index (χ2n) is 24.7. The third kappa shape index (κ3) is 22.0. The maximum absolute atomic E-state index is 14.8. The molecule has 32 heteroatoms. The summed E-state index contributed by atoms with van der Waals surface area (Å²) in [6.45, 7) is 10.2. The number of nitrogens with one attached hydrogen (secondary N) is 7. The van der Waals surface area contributed by atoms with Gasteiger partial charge in [-0.3, -0.25) is 33.7 Å². The van der Waals surface area contributed by atoms with Crippen LogP contribution in [0.4, 0.5) is 41.2 Å². The van der Waals surface area contributed by atoms with Crippen LogP contribution in [0.25, 0.3) is 21.7 Å². The van der Waals surface area contributed by atoms with E-state index in [2.05, 4.69) is 41.9 Å². The molecule has 13 amide bonds. The number of aryl methyl sites for hydroxylation is 1. The number of nitrogens with zero attached hydrogens (tertiary/aromatic N) is 5. The number of aromatic amines is 1. The lowest BCUT2D eigenvalue weighted by molar-refractivity contribution is -0.137. The fourth-order valence-electron chi connectivity index (χ4n) is 11.3. The number of likely N-dealkylation sites (N-methyl/N-ethyl adjacent to an activating group) is 1. The number of pyridine rings is 1. The number of alkyl carbamates (subject to hydrolysis) is 1. The van der Waals surface area contributed by atoms with Crippen LogP contribution in [0.2, 0.25) is 0 Å². The summed E-state index contributed by atoms with van der Waals surface area (Å²) in [5.41, 5.74) is 14.7. The summed E-state index contributed by atoms with van der Waals surface area (Å²) < 4.78 is 33.9. The van der Waals surface area contributed by atoms with Gasteiger partial charge in [0.05, 0.1) is 49.9 Å². The lowest BCUT2D eigenvalue weighted by Gasteiger charge is -2.26. The minimum absolute atomic E-state index is 0.00542. The van der Waals surface area contributed by atoms with Crippen molar-refractivity contribution in [3.8, 4) is 11.5 Å². The van der Waals surface area contributed by atoms with Crippen molar-refractivity contribution in [3.63, 3.8) is 0 Å². The second kappa shape index (κ2) is 37.6. The summed E-state index contributed by atoms with van der Waals surface area (Å²) >= 11 is 6.70. The van der Waals surface area contributed by atoms with Crippen LogP contribution < -0.4 is 57.7 Å². The van der Waals surface area contributed by atoms with E-state index >= 15 is 0 Å². The van der Waals surface area contributed by atoms with E-state index in [1.54, 1.807) is 85.5 Å². The number of carbonyl (C=O) groups excluding carboxylic acids is 11. The van der Waals surface area contributed by atoms with E-state index in [1.807, 2.05) is 39.0 Å². The first kappa shape index (κ1) is 77.7. The summed E-state index contributed by atoms with van der Waals surface area (Å²) in [6, 6.07) is 19.7. The summed E-state index contributed by atoms with van der Waals surface area (Å²) in [5.74, 6) is -2.68. The van der Waals surface area contributed by atoms with Crippen molar-refractivity contribution in [1.82, 2.24) is 45.9 Å². The molecule has 2 aromatic heterocycles. The average Bonchev–Trinajstić information content (AvgIpc) is 1.62. The molecule has 11 N–H and O–H groups in total. The number of halogens is 1. The van der Waals surface area contributed by atoms with Gasteiger partial charge in [-0.1, -0.05) is 44.2 Å². The maximum atomic E-state index is 14.8. The van der Waals surface area contributed by atoms with Crippen molar-refractivity contribution in [2.24, 2.45) is 17.4 Å². The quantitative estimate of drug-likeness (QED) is 0.0107. The molecule has 2 aliphatic heterocycles. The van der Waals surface area contributed by atoms with Gasteiger partial charge in [0.25, 0.3) is 23.6 Å². The monoisotopic (exact) mass is 1440 g/mol. The molecular weight excluding hydrogens is 1360 g/mol. The van der Waals surface area contributed by atoms with Gasteiger partial charge in [0.15, 0.2) is 0 Å². The Morgan fingerprint density at radius 3 is 2.17 bits per heavy atom. The van der Waals surface area contributed by atoms with Crippen molar-refractivity contribution >= 4 is 116 Å². The molecule has 1 unspecified atom stereocenters. The molecule has 0 aliphatic carbocycles. The normalized spacial score (nSPS) is 14.0. The Morgan fingerprint density at radius 1 is 0.767 bits per heavy atom. The minimum atomic E-state index is -1.17. The van der Waals surface area contributed by atoms with Gasteiger partial charge >= 0.3 is 30.3 Å². The molecule has 550 valence electrons. The molecular formula is C71H87ClN14O17. The first-order valence-corrected chi connectivity index (χ1v) is 34.2. The molecule has 0 radical (unpaired) electrons. The molecule has 8 rings (SSSR count). The third-order valence-corrected chi connectivity index (χ3v) is 17.2. The fourth-order valence-corrected chi connectivity index (χ4v) is 11.6. The first-order valence-electron chi connectivity index (χ1n) is 33.7. The summed E-state index contributed by atoms with van der Waals surface area (Å²) in [7, 11) is 1.48. The number of amides is 13. The SMILES string of the molecule is CCOCCC(C)Oc1ccc(C(=O)Nc2cc3cc(C(=O)N4C[C@@H](CCl)c5c4cc(OC(=O)N(CCCNC(N)=O)CCN(C)C(=O)OCc4ccc(NC(=O)[C@H](CCCNC(N)=O)NC(=O)[C@@H](NC(=O)OCCOCCN6C(=O)C=CC6=O)C(C)C)cc4)c4cccc(C)c54)[nH]c3cn2)cc1. The Morgan fingerprint density at radius 2 is 1.49 bits per heavy atom. The highest BCUT2D eigenvalue weighted by Gasteiger charge is 2.37. The van der Waals surface area contributed by atoms with Crippen molar-refractivity contribution < 1.29 is 81.2 Å². The van der Waals surface area contributed by atoms with Crippen molar-refractivity contribution in [2.75, 3.05) is 107 Å². The molecule has 0 saturated carbocycles. The predicted molar refractivity (Wildman–Crippen MR) is 382 cm³/mol. The number of carbonyl (C=O) groups is 11. The average molecular weight is 1440 g/mol. The van der Waals surface area contributed by atoms with Gasteiger partial charge in [0, 0.05) is 111 Å². The van der Waals surface area contributed by atoms with Gasteiger partial charge in [0.1, 0.15) is 48.3 Å². The van der Waals surface area contributed by atoms with Gasteiger partial charge in [-0.25, -0.2) is 29.0 Å². The largest absolute Gasteiger partial charge is 0.491 e. The second-order valence-corrected chi connectivity index (χ2v) is 25.0. The van der Waals surface area contributed by atoms with E-state index in [-0.39, 0.29) is 127 Å². The highest BCUT2D eigenvalue weighted by molar-refractivity contribution is 6.20. The highest BCUT2D eigenvalue weighted by atomic mass is 35.5. The van der Waals surface area contributed by atoms with Crippen LogP contribution in [0.15, 0.2) is 103 Å². The van der Waals surface area contributed by atoms with Crippen LogP contribution in [0, 0.1) is 12.8 Å². The Hall–Kier alpha value is -11.1. The molecule has 0 saturated heterocycles. The molecule has 0 bridgehead atoms. The summed E-state index contributed by atoms with van der Waals surface area (Å²) in [4.78, 5) is 156. The molecule has 31 nitrogen and oxygen atoms in total. The lowest BCUT2D eigenvalue weighted by atomic mass is 9.92. The van der Waals surface area contributed by atoms with Gasteiger partial charge < -0.3 is 91.5 Å². The Kier molecular flexibility index (Phi) is 28.3. The number of rotatable bonds is 36. The predicted octanol–water partition coefficient (Wildman–Crippen LogP) is 7.15. The molecule has 103 heavy (non-hydrogen) atoms. The molecule has 4 aromatic carbocycles. The number of hydrogen-bond donors (Lipinski definition) is 9. The standard InChI is InChI=1S/C71H87ClN14O17/c1-7-98-31-24-44(5)102-50-20-16-46(17-21-50)63(89)81-57-36-47-35-53(79-54(47)39-77-57)66(92)86-40-48(38-72)61-55(86)37-56(51-12-8-11-43(4)60(51)61)103-71(97)84(27-10-26-76-68(74)94)29-28-83(6)70(96)101-41-45-14-18-49(19-15-45)78-64(90)52(13-9-25-75-67(73)93)80-65(91)62(42(2)3)82-69(95)100-34-33-99-32-30-85-58(87)22-23-59(85)88/h8,11-12,14-23,35-37,39,42,44,48,52,62,79H,7,9-10,13,24-34,38,40-41H2,1-6H3,(H,78,90)(H,80,91)(H,82,95)(H3,73,75,93)(H3,74,76,94)(H,77,81,89)/t44?,48-,52+,62+/m1/s1. The van der Waals surface area contributed by atoms with Crippen LogP contribution in [-0.4, -0.2) is 200 Å². The van der Waals surface area contributed by atoms with Gasteiger partial charge in [-0.05, 0) is 117 Å². The molecule has 4 atom stereocenters. The fraction of sp³-hybridized carbons (Fsp3) is 0.408. The zero-order valence-electron chi connectivity index (χ0n) is 58.1. The zero-order valence-corrected chi connectivity index (χ0v) is 58.9. The number of aromatic nitrogens is 2. The van der Waals surface area contributed by atoms with E-state index in [0.717, 1.165) is 33.6 Å². The summed E-state index contributed by atoms with van der Waals surface area (Å²) in [6.07, 6.45) is 2.47. The van der Waals surface area contributed by atoms with Crippen LogP contribution >= 0.6 is 11.6 Å². The number of primary amides is 2. The number of anilines is 3. The summed E-state index contributed by atoms with van der Waals surface area (Å²) in [5, 5.41) is 17.7. The van der Waals surface area contributed by atoms with E-state index in [4.69, 9.17) is 51.5 Å². The topological polar surface area (TPSA) is 409 Å². The molecule has 6 aromatic rings. The van der Waals surface area contributed by atoms with Crippen molar-refractivity contribution in [1.29, 1.82) is 0 Å². The maximum Gasteiger partial charge on any atom is 0.415 e. The van der Waals surface area contributed by atoms with Crippen LogP contribution in [0.1, 0.15) is 96.8 Å². The first-order chi connectivity index (χ1) is 49.4. The number of ether oxygens (including phenoxy) is 6. The van der Waals surface area contributed by atoms with Gasteiger partial charge in [0.2, 0.25) is 11.8 Å². The number of hydrogen-bond acceptors (Lipinski definition) is 18. The van der Waals surface area contributed by atoms with E-state index in [1.165, 1.54) is 23.0 Å². The number of alkyl halides is 1. The number of nitrogens with two attached hydrogens (primary N) is 2. The number of imide groups is 1. The highest BCUT2D eigenvalue weighted by Crippen LogP contribution is 2.47. The zero-order chi connectivity index (χ0) is 74.3. The number of urea groups is 2. The Balaban J connectivity index is 0.874. The molecule has 2 aliphatic rings. The smallest absolute Gasteiger partial charge is 0.415 e. The third-order valence-electron chi connectivity index (χ3n) is 16.8. The molecule has 4 heterocycles. The van der Waals surface area contributed by atoms with E-state index in [9.17, 15) is 52.7 Å². The van der Waals surface area contributed by atoms with E-state index < -0.39 is 83.8 Å². The number of benzene rings is 4. The number of fused-ring (bicyclic) bond motifs is 4. The number of H-pyrrole nitrogens is 1. The van der Waals surface area contributed by atoms with Crippen molar-refractivity contribution in [3.05, 3.63) is 131 Å². The van der Waals surface area contributed by atoms with Crippen LogP contribution in [0.3, 0.4) is 0 Å². The minimum Gasteiger partial charge on any atom is -0.491 e. The molecule has 0 fully saturated rings. The van der Waals surface area contributed by atoms with Crippen LogP contribution in [-0.2, 0) is 44.7 Å². The van der Waals surface area contributed by atoms with Gasteiger partial charge in [-0.2, -0.15) is 0 Å². The van der Waals surface area contributed by atoms with E-state index in [0.29, 0.717) is 64.2 Å². The lowest BCUT2D eigenvalue weighted by Crippen LogP contribution is -2.54. The van der Waals surface area contributed by atoms with Gasteiger partial charge in [-0.15, -0.1) is 11.6 Å². The van der Waals surface area contributed by atoms with Crippen molar-refractivity contribution in [2.45, 2.75) is 91.0 Å². The molecule has 0 spiro atoms. The Bertz CT molecular complexity index is 4060. The van der Waals surface area contributed by atoms with Crippen LogP contribution in [0.5, 0.6) is 11.5 Å². The Labute approximate surface area is 599 Å².